The van der Waals surface area contributed by atoms with Crippen LogP contribution >= 0.6 is 11.8 Å². The van der Waals surface area contributed by atoms with Gasteiger partial charge in [-0.1, -0.05) is 11.8 Å². The summed E-state index contributed by atoms with van der Waals surface area (Å²) < 4.78 is 34.6. The van der Waals surface area contributed by atoms with Crippen LogP contribution in [0.4, 0.5) is 0 Å². The smallest absolute Gasteiger partial charge is 0.243 e. The van der Waals surface area contributed by atoms with E-state index in [4.69, 9.17) is 4.74 Å². The van der Waals surface area contributed by atoms with Gasteiger partial charge < -0.3 is 14.6 Å². The van der Waals surface area contributed by atoms with Crippen LogP contribution in [0.2, 0.25) is 0 Å². The summed E-state index contributed by atoms with van der Waals surface area (Å²) in [5.74, 6) is -0.0460. The van der Waals surface area contributed by atoms with E-state index in [0.29, 0.717) is 43.5 Å². The molecule has 0 radical (unpaired) electrons. The number of carbonyl (C=O) groups is 1. The fraction of sp³-hybridized carbons (Fsp3) is 0.579. The highest BCUT2D eigenvalue weighted by atomic mass is 32.2. The fourth-order valence-corrected chi connectivity index (χ4v) is 5.62. The third-order valence-electron chi connectivity index (χ3n) is 4.69. The Morgan fingerprint density at radius 1 is 1.28 bits per heavy atom. The number of hydrogen-bond donors (Lipinski definition) is 1. The van der Waals surface area contributed by atoms with Gasteiger partial charge in [0.15, 0.2) is 5.16 Å². The largest absolute Gasteiger partial charge is 0.379 e. The van der Waals surface area contributed by atoms with Gasteiger partial charge in [-0.3, -0.25) is 4.79 Å². The first-order valence-corrected chi connectivity index (χ1v) is 12.1. The molecule has 0 bridgehead atoms. The highest BCUT2D eigenvalue weighted by Gasteiger charge is 2.27. The van der Waals surface area contributed by atoms with Crippen LogP contribution in [0.3, 0.4) is 0 Å². The van der Waals surface area contributed by atoms with E-state index in [2.05, 4.69) is 10.3 Å². The quantitative estimate of drug-likeness (QED) is 0.663. The first-order valence-electron chi connectivity index (χ1n) is 9.79. The molecule has 10 heteroatoms. The Hall–Kier alpha value is -1.62. The van der Waals surface area contributed by atoms with E-state index < -0.39 is 10.0 Å². The van der Waals surface area contributed by atoms with Crippen molar-refractivity contribution in [3.8, 4) is 0 Å². The normalized spacial score (nSPS) is 17.0. The van der Waals surface area contributed by atoms with Gasteiger partial charge in [0.25, 0.3) is 0 Å². The minimum atomic E-state index is -3.58. The fourth-order valence-electron chi connectivity index (χ4n) is 3.19. The molecule has 1 aliphatic heterocycles. The summed E-state index contributed by atoms with van der Waals surface area (Å²) in [5.41, 5.74) is 1.47. The van der Waals surface area contributed by atoms with Gasteiger partial charge in [0.2, 0.25) is 15.9 Å². The number of aryl methyl sites for hydroxylation is 1. The summed E-state index contributed by atoms with van der Waals surface area (Å²) in [6, 6.07) is 5.12. The van der Waals surface area contributed by atoms with Crippen LogP contribution < -0.4 is 5.32 Å². The molecule has 2 aromatic rings. The summed E-state index contributed by atoms with van der Waals surface area (Å²) >= 11 is 1.38. The van der Waals surface area contributed by atoms with Crippen LogP contribution in [0.25, 0.3) is 11.0 Å². The summed E-state index contributed by atoms with van der Waals surface area (Å²) in [6.45, 7) is 9.89. The van der Waals surface area contributed by atoms with Gasteiger partial charge in [0.05, 0.1) is 34.4 Å². The first-order chi connectivity index (χ1) is 13.7. The van der Waals surface area contributed by atoms with Gasteiger partial charge >= 0.3 is 0 Å². The van der Waals surface area contributed by atoms with Crippen molar-refractivity contribution < 1.29 is 17.9 Å². The van der Waals surface area contributed by atoms with Crippen LogP contribution in [0.1, 0.15) is 27.7 Å². The monoisotopic (exact) mass is 440 g/mol. The van der Waals surface area contributed by atoms with Crippen LogP contribution in [-0.2, 0) is 26.1 Å². The van der Waals surface area contributed by atoms with Gasteiger partial charge in [-0.2, -0.15) is 4.31 Å². The van der Waals surface area contributed by atoms with Crippen molar-refractivity contribution >= 4 is 38.7 Å². The lowest BCUT2D eigenvalue weighted by Gasteiger charge is -2.26. The van der Waals surface area contributed by atoms with E-state index in [-0.39, 0.29) is 22.1 Å². The minimum Gasteiger partial charge on any atom is -0.379 e. The standard InChI is InChI=1S/C19H28N4O4S2/c1-5-23-17-7-6-15(29(25,26)22-8-10-27-11-9-22)12-16(17)21-19(23)28-14(4)18(24)20-13(2)3/h6-7,12-14H,5,8-11H2,1-4H3,(H,20,24)/t14-/m1/s1. The molecule has 0 spiro atoms. The molecule has 0 saturated carbocycles. The van der Waals surface area contributed by atoms with Crippen molar-refractivity contribution in [3.05, 3.63) is 18.2 Å². The third-order valence-corrected chi connectivity index (χ3v) is 7.68. The lowest BCUT2D eigenvalue weighted by molar-refractivity contribution is -0.120. The molecule has 1 saturated heterocycles. The Morgan fingerprint density at radius 3 is 2.59 bits per heavy atom. The van der Waals surface area contributed by atoms with Crippen molar-refractivity contribution in [3.63, 3.8) is 0 Å². The van der Waals surface area contributed by atoms with Gasteiger partial charge in [-0.15, -0.1) is 0 Å². The number of benzene rings is 1. The van der Waals surface area contributed by atoms with Gasteiger partial charge in [0, 0.05) is 25.7 Å². The molecule has 1 N–H and O–H groups in total. The number of morpholine rings is 1. The number of nitrogens with one attached hydrogen (secondary N) is 1. The number of rotatable bonds is 7. The number of nitrogens with zero attached hydrogens (tertiary/aromatic N) is 3. The van der Waals surface area contributed by atoms with Crippen LogP contribution in [0.5, 0.6) is 0 Å². The number of carbonyl (C=O) groups excluding carboxylic acids is 1. The Morgan fingerprint density at radius 2 is 1.97 bits per heavy atom. The zero-order valence-electron chi connectivity index (χ0n) is 17.2. The lowest BCUT2D eigenvalue weighted by Crippen LogP contribution is -2.40. The second-order valence-electron chi connectivity index (χ2n) is 7.23. The SMILES string of the molecule is CCn1c(S[C@H](C)C(=O)NC(C)C)nc2cc(S(=O)(=O)N3CCOCC3)ccc21. The lowest BCUT2D eigenvalue weighted by atomic mass is 10.3. The maximum Gasteiger partial charge on any atom is 0.243 e. The van der Waals surface area contributed by atoms with E-state index >= 15 is 0 Å². The van der Waals surface area contributed by atoms with Crippen molar-refractivity contribution in [2.45, 2.75) is 55.6 Å². The molecule has 0 unspecified atom stereocenters. The van der Waals surface area contributed by atoms with Crippen molar-refractivity contribution in [2.75, 3.05) is 26.3 Å². The van der Waals surface area contributed by atoms with Gasteiger partial charge in [0.1, 0.15) is 0 Å². The van der Waals surface area contributed by atoms with E-state index in [9.17, 15) is 13.2 Å². The molecule has 8 nitrogen and oxygen atoms in total. The molecule has 1 amide bonds. The zero-order valence-corrected chi connectivity index (χ0v) is 18.8. The molecule has 2 heterocycles. The number of aromatic nitrogens is 2. The molecule has 1 aromatic carbocycles. The Balaban J connectivity index is 1.91. The maximum atomic E-state index is 12.9. The summed E-state index contributed by atoms with van der Waals surface area (Å²) in [5, 5.41) is 3.30. The maximum absolute atomic E-state index is 12.9. The molecule has 0 aliphatic carbocycles. The number of fused-ring (bicyclic) bond motifs is 1. The molecule has 1 atom stereocenters. The Kier molecular flexibility index (Phi) is 6.87. The third kappa shape index (κ3) is 4.76. The van der Waals surface area contributed by atoms with Crippen molar-refractivity contribution in [1.82, 2.24) is 19.2 Å². The number of sulfonamides is 1. The van der Waals surface area contributed by atoms with E-state index in [1.807, 2.05) is 32.3 Å². The number of ether oxygens (including phenoxy) is 1. The predicted molar refractivity (Wildman–Crippen MR) is 114 cm³/mol. The van der Waals surface area contributed by atoms with Crippen LogP contribution in [-0.4, -0.2) is 65.8 Å². The molecular weight excluding hydrogens is 412 g/mol. The first kappa shape index (κ1) is 22.1. The molecule has 1 aliphatic rings. The molecule has 29 heavy (non-hydrogen) atoms. The number of hydrogen-bond acceptors (Lipinski definition) is 6. The highest BCUT2D eigenvalue weighted by Crippen LogP contribution is 2.29. The molecule has 160 valence electrons. The topological polar surface area (TPSA) is 93.5 Å². The minimum absolute atomic E-state index is 0.0460. The van der Waals surface area contributed by atoms with Crippen LogP contribution in [0.15, 0.2) is 28.3 Å². The molecule has 1 aromatic heterocycles. The summed E-state index contributed by atoms with van der Waals surface area (Å²) in [4.78, 5) is 17.1. The molecular formula is C19H28N4O4S2. The number of amides is 1. The number of thioether (sulfide) groups is 1. The zero-order chi connectivity index (χ0) is 21.2. The van der Waals surface area contributed by atoms with E-state index in [0.717, 1.165) is 5.52 Å². The second kappa shape index (κ2) is 9.03. The summed E-state index contributed by atoms with van der Waals surface area (Å²) in [6.07, 6.45) is 0. The number of imidazole rings is 1. The molecule has 1 fully saturated rings. The second-order valence-corrected chi connectivity index (χ2v) is 10.5. The predicted octanol–water partition coefficient (Wildman–Crippen LogP) is 2.08. The van der Waals surface area contributed by atoms with Crippen molar-refractivity contribution in [2.24, 2.45) is 0 Å². The Bertz CT molecular complexity index is 982. The average molecular weight is 441 g/mol. The van der Waals surface area contributed by atoms with E-state index in [1.165, 1.54) is 16.1 Å². The Labute approximate surface area is 176 Å². The highest BCUT2D eigenvalue weighted by molar-refractivity contribution is 8.00. The van der Waals surface area contributed by atoms with Crippen LogP contribution in [0, 0.1) is 0 Å². The van der Waals surface area contributed by atoms with Gasteiger partial charge in [-0.25, -0.2) is 13.4 Å². The average Bonchev–Trinajstić information content (AvgIpc) is 3.04. The van der Waals surface area contributed by atoms with E-state index in [1.54, 1.807) is 18.2 Å². The summed E-state index contributed by atoms with van der Waals surface area (Å²) in [7, 11) is -3.58. The molecule has 3 rings (SSSR count). The van der Waals surface area contributed by atoms with Gasteiger partial charge in [-0.05, 0) is 45.9 Å². The van der Waals surface area contributed by atoms with Crippen molar-refractivity contribution in [1.29, 1.82) is 0 Å².